The molecule has 2 rings (SSSR count). The molecule has 2 aliphatic rings. The van der Waals surface area contributed by atoms with Gasteiger partial charge in [-0.25, -0.2) is 13.6 Å². The lowest BCUT2D eigenvalue weighted by atomic mass is 9.82. The minimum absolute atomic E-state index is 0.183. The van der Waals surface area contributed by atoms with Crippen molar-refractivity contribution in [2.45, 2.75) is 43.8 Å². The number of nitrogens with zero attached hydrogens (tertiary/aromatic N) is 1. The maximum Gasteiger partial charge on any atom is 0.222 e. The van der Waals surface area contributed by atoms with Gasteiger partial charge in [-0.1, -0.05) is 6.42 Å². The van der Waals surface area contributed by atoms with Crippen LogP contribution in [0, 0.1) is 5.92 Å². The molecule has 0 aromatic rings. The van der Waals surface area contributed by atoms with Crippen LogP contribution in [0.25, 0.3) is 0 Å². The zero-order chi connectivity index (χ0) is 12.5. The summed E-state index contributed by atoms with van der Waals surface area (Å²) in [6.07, 6.45) is 5.18. The number of piperidine rings is 1. The van der Waals surface area contributed by atoms with Crippen LogP contribution >= 0.6 is 0 Å². The molecule has 1 aliphatic carbocycles. The molecule has 1 saturated heterocycles. The molecular weight excluding hydrogens is 240 g/mol. The largest absolute Gasteiger partial charge is 0.343 e. The summed E-state index contributed by atoms with van der Waals surface area (Å²) in [5.41, 5.74) is 0. The van der Waals surface area contributed by atoms with Gasteiger partial charge in [0.15, 0.2) is 0 Å². The van der Waals surface area contributed by atoms with Crippen LogP contribution in [0.15, 0.2) is 0 Å². The monoisotopic (exact) mass is 260 g/mol. The molecule has 0 atom stereocenters. The Morgan fingerprint density at radius 2 is 1.76 bits per heavy atom. The zero-order valence-corrected chi connectivity index (χ0v) is 10.8. The lowest BCUT2D eigenvalue weighted by molar-refractivity contribution is -0.133. The number of likely N-dealkylation sites (tertiary alicyclic amines) is 1. The summed E-state index contributed by atoms with van der Waals surface area (Å²) in [7, 11) is -3.43. The van der Waals surface area contributed by atoms with Crippen LogP contribution in [-0.2, 0) is 14.8 Å². The molecule has 1 aliphatic heterocycles. The Morgan fingerprint density at radius 1 is 1.18 bits per heavy atom. The molecule has 17 heavy (non-hydrogen) atoms. The lowest BCUT2D eigenvalue weighted by Gasteiger charge is -2.33. The van der Waals surface area contributed by atoms with Gasteiger partial charge in [0.25, 0.3) is 0 Å². The van der Waals surface area contributed by atoms with Gasteiger partial charge in [0, 0.05) is 19.5 Å². The molecule has 2 N–H and O–H groups in total. The van der Waals surface area contributed by atoms with E-state index in [1.54, 1.807) is 4.90 Å². The fourth-order valence-electron chi connectivity index (χ4n) is 2.51. The van der Waals surface area contributed by atoms with Gasteiger partial charge < -0.3 is 4.90 Å². The van der Waals surface area contributed by atoms with Gasteiger partial charge in [-0.05, 0) is 31.6 Å². The van der Waals surface area contributed by atoms with Gasteiger partial charge in [0.05, 0.1) is 5.25 Å². The van der Waals surface area contributed by atoms with E-state index in [1.165, 1.54) is 19.3 Å². The molecule has 0 aromatic carbocycles. The van der Waals surface area contributed by atoms with E-state index in [2.05, 4.69) is 0 Å². The predicted octanol–water partition coefficient (Wildman–Crippen LogP) is 0.456. The van der Waals surface area contributed by atoms with Gasteiger partial charge in [-0.2, -0.15) is 0 Å². The highest BCUT2D eigenvalue weighted by molar-refractivity contribution is 7.89. The second-order valence-electron chi connectivity index (χ2n) is 5.17. The number of sulfonamides is 1. The number of carbonyl (C=O) groups is 1. The van der Waals surface area contributed by atoms with Gasteiger partial charge in [-0.3, -0.25) is 4.79 Å². The first kappa shape index (κ1) is 12.8. The highest BCUT2D eigenvalue weighted by Crippen LogP contribution is 2.30. The first-order chi connectivity index (χ1) is 7.97. The van der Waals surface area contributed by atoms with E-state index in [9.17, 15) is 13.2 Å². The Morgan fingerprint density at radius 3 is 2.18 bits per heavy atom. The second kappa shape index (κ2) is 4.94. The van der Waals surface area contributed by atoms with Crippen LogP contribution in [0.2, 0.25) is 0 Å². The molecule has 6 heteroatoms. The average Bonchev–Trinajstić information content (AvgIpc) is 2.22. The Labute approximate surface area is 102 Å². The summed E-state index contributed by atoms with van der Waals surface area (Å²) in [5.74, 6) is 0.751. The maximum atomic E-state index is 11.9. The van der Waals surface area contributed by atoms with Crippen molar-refractivity contribution in [3.8, 4) is 0 Å². The Bertz CT molecular complexity index is 382. The molecule has 0 bridgehead atoms. The van der Waals surface area contributed by atoms with E-state index >= 15 is 0 Å². The van der Waals surface area contributed by atoms with Gasteiger partial charge in [-0.15, -0.1) is 0 Å². The van der Waals surface area contributed by atoms with E-state index in [0.717, 1.165) is 0 Å². The van der Waals surface area contributed by atoms with Crippen molar-refractivity contribution >= 4 is 15.9 Å². The number of rotatable bonds is 3. The normalized spacial score (nSPS) is 23.5. The van der Waals surface area contributed by atoms with Gasteiger partial charge in [0.2, 0.25) is 15.9 Å². The number of carbonyl (C=O) groups excluding carboxylic acids is 1. The van der Waals surface area contributed by atoms with E-state index in [4.69, 9.17) is 5.14 Å². The summed E-state index contributed by atoms with van der Waals surface area (Å²) < 4.78 is 22.3. The molecular formula is C11H20N2O3S. The smallest absolute Gasteiger partial charge is 0.222 e. The minimum atomic E-state index is -3.43. The number of nitrogens with two attached hydrogens (primary N) is 1. The number of primary sulfonamides is 1. The highest BCUT2D eigenvalue weighted by atomic mass is 32.2. The van der Waals surface area contributed by atoms with Crippen molar-refractivity contribution in [2.75, 3.05) is 13.1 Å². The summed E-state index contributed by atoms with van der Waals surface area (Å²) in [4.78, 5) is 13.7. The summed E-state index contributed by atoms with van der Waals surface area (Å²) >= 11 is 0. The molecule has 1 saturated carbocycles. The first-order valence-corrected chi connectivity index (χ1v) is 7.87. The van der Waals surface area contributed by atoms with Crippen LogP contribution in [0.3, 0.4) is 0 Å². The fraction of sp³-hybridized carbons (Fsp3) is 0.909. The van der Waals surface area contributed by atoms with E-state index in [1.807, 2.05) is 0 Å². The zero-order valence-electron chi connectivity index (χ0n) is 9.97. The molecule has 5 nitrogen and oxygen atoms in total. The van der Waals surface area contributed by atoms with Gasteiger partial charge >= 0.3 is 0 Å². The topological polar surface area (TPSA) is 80.5 Å². The highest BCUT2D eigenvalue weighted by Gasteiger charge is 2.30. The van der Waals surface area contributed by atoms with Crippen molar-refractivity contribution in [1.82, 2.24) is 4.90 Å². The fourth-order valence-corrected chi connectivity index (χ4v) is 3.37. The van der Waals surface area contributed by atoms with E-state index in [0.29, 0.717) is 38.3 Å². The SMILES string of the molecule is NS(=O)(=O)C1CCN(C(=O)CC2CCC2)CC1. The predicted molar refractivity (Wildman–Crippen MR) is 64.7 cm³/mol. The number of hydrogen-bond donors (Lipinski definition) is 1. The Hall–Kier alpha value is -0.620. The maximum absolute atomic E-state index is 11.9. The summed E-state index contributed by atoms with van der Waals surface area (Å²) in [5, 5.41) is 4.65. The van der Waals surface area contributed by atoms with Crippen LogP contribution in [-0.4, -0.2) is 37.6 Å². The molecule has 2 fully saturated rings. The van der Waals surface area contributed by atoms with Crippen molar-refractivity contribution in [3.05, 3.63) is 0 Å². The summed E-state index contributed by atoms with van der Waals surface area (Å²) in [6, 6.07) is 0. The van der Waals surface area contributed by atoms with Crippen LogP contribution in [0.1, 0.15) is 38.5 Å². The molecule has 0 radical (unpaired) electrons. The summed E-state index contributed by atoms with van der Waals surface area (Å²) in [6.45, 7) is 1.07. The third-order valence-electron chi connectivity index (χ3n) is 3.95. The standard InChI is InChI=1S/C11H20N2O3S/c12-17(15,16)10-4-6-13(7-5-10)11(14)8-9-2-1-3-9/h9-10H,1-8H2,(H2,12,15,16). The van der Waals surface area contributed by atoms with E-state index in [-0.39, 0.29) is 5.91 Å². The van der Waals surface area contributed by atoms with E-state index < -0.39 is 15.3 Å². The van der Waals surface area contributed by atoms with Crippen LogP contribution in [0.5, 0.6) is 0 Å². The van der Waals surface area contributed by atoms with Crippen LogP contribution < -0.4 is 5.14 Å². The van der Waals surface area contributed by atoms with Crippen LogP contribution in [0.4, 0.5) is 0 Å². The van der Waals surface area contributed by atoms with Crippen molar-refractivity contribution < 1.29 is 13.2 Å². The molecule has 0 spiro atoms. The van der Waals surface area contributed by atoms with Crippen molar-refractivity contribution in [3.63, 3.8) is 0 Å². The number of hydrogen-bond acceptors (Lipinski definition) is 3. The third kappa shape index (κ3) is 3.19. The Kier molecular flexibility index (Phi) is 3.73. The lowest BCUT2D eigenvalue weighted by Crippen LogP contribution is -2.44. The molecule has 1 amide bonds. The minimum Gasteiger partial charge on any atom is -0.343 e. The number of amides is 1. The molecule has 98 valence electrons. The third-order valence-corrected chi connectivity index (χ3v) is 5.35. The Balaban J connectivity index is 1.80. The molecule has 1 heterocycles. The quantitative estimate of drug-likeness (QED) is 0.800. The molecule has 0 unspecified atom stereocenters. The van der Waals surface area contributed by atoms with Crippen molar-refractivity contribution in [2.24, 2.45) is 11.1 Å². The second-order valence-corrected chi connectivity index (χ2v) is 7.01. The van der Waals surface area contributed by atoms with Gasteiger partial charge in [0.1, 0.15) is 0 Å². The first-order valence-electron chi connectivity index (χ1n) is 6.26. The average molecular weight is 260 g/mol. The van der Waals surface area contributed by atoms with Crippen molar-refractivity contribution in [1.29, 1.82) is 0 Å². The molecule has 0 aromatic heterocycles.